The van der Waals surface area contributed by atoms with Crippen molar-refractivity contribution < 1.29 is 9.13 Å². The van der Waals surface area contributed by atoms with Crippen LogP contribution in [-0.2, 0) is 11.2 Å². The molecule has 0 aliphatic rings. The lowest BCUT2D eigenvalue weighted by molar-refractivity contribution is 0.181. The van der Waals surface area contributed by atoms with Crippen molar-refractivity contribution >= 4 is 22.6 Å². The summed E-state index contributed by atoms with van der Waals surface area (Å²) in [6.07, 6.45) is 1.53. The summed E-state index contributed by atoms with van der Waals surface area (Å²) in [7, 11) is 1.68. The number of halogens is 2. The number of imidazole rings is 1. The zero-order valence-corrected chi connectivity index (χ0v) is 12.0. The lowest BCUT2D eigenvalue weighted by Gasteiger charge is -2.17. The second-order valence-electron chi connectivity index (χ2n) is 4.60. The Morgan fingerprint density at radius 1 is 1.47 bits per heavy atom. The summed E-state index contributed by atoms with van der Waals surface area (Å²) < 4.78 is 20.6. The second kappa shape index (κ2) is 6.35. The van der Waals surface area contributed by atoms with Crippen molar-refractivity contribution in [3.63, 3.8) is 0 Å². The highest BCUT2D eigenvalue weighted by Crippen LogP contribution is 2.24. The van der Waals surface area contributed by atoms with Gasteiger partial charge in [-0.25, -0.2) is 9.37 Å². The molecule has 0 bridgehead atoms. The highest BCUT2D eigenvalue weighted by atomic mass is 35.5. The third kappa shape index (κ3) is 3.07. The summed E-state index contributed by atoms with van der Waals surface area (Å²) in [5.74, 6) is 1.16. The van der Waals surface area contributed by atoms with Crippen LogP contribution in [0.25, 0.3) is 11.0 Å². The van der Waals surface area contributed by atoms with Gasteiger partial charge >= 0.3 is 0 Å². The first-order chi connectivity index (χ1) is 9.17. The number of aromatic nitrogens is 2. The van der Waals surface area contributed by atoms with Crippen molar-refractivity contribution in [2.75, 3.05) is 19.6 Å². The van der Waals surface area contributed by atoms with Gasteiger partial charge in [-0.15, -0.1) is 11.6 Å². The highest BCUT2D eigenvalue weighted by Gasteiger charge is 2.15. The van der Waals surface area contributed by atoms with Gasteiger partial charge in [-0.05, 0) is 31.5 Å². The van der Waals surface area contributed by atoms with E-state index in [9.17, 15) is 4.39 Å². The monoisotopic (exact) mass is 284 g/mol. The fourth-order valence-electron chi connectivity index (χ4n) is 2.29. The van der Waals surface area contributed by atoms with Gasteiger partial charge in [0, 0.05) is 32.1 Å². The zero-order chi connectivity index (χ0) is 13.8. The standard InChI is InChI=1S/C14H18ClFN2O/c1-10(6-8-19-2)18-13-9-11(16)3-4-12(13)17-14(18)5-7-15/h3-4,9-10H,5-8H2,1-2H3. The maximum absolute atomic E-state index is 13.4. The lowest BCUT2D eigenvalue weighted by Crippen LogP contribution is -2.12. The maximum Gasteiger partial charge on any atom is 0.125 e. The van der Waals surface area contributed by atoms with Crippen LogP contribution in [0.15, 0.2) is 18.2 Å². The molecule has 1 heterocycles. The Morgan fingerprint density at radius 2 is 2.26 bits per heavy atom. The van der Waals surface area contributed by atoms with E-state index in [4.69, 9.17) is 16.3 Å². The molecule has 5 heteroatoms. The van der Waals surface area contributed by atoms with E-state index in [1.54, 1.807) is 13.2 Å². The van der Waals surface area contributed by atoms with Crippen LogP contribution in [-0.4, -0.2) is 29.1 Å². The number of ether oxygens (including phenoxy) is 1. The van der Waals surface area contributed by atoms with Crippen molar-refractivity contribution in [1.82, 2.24) is 9.55 Å². The molecule has 0 spiro atoms. The summed E-state index contributed by atoms with van der Waals surface area (Å²) in [4.78, 5) is 4.54. The molecule has 0 fully saturated rings. The highest BCUT2D eigenvalue weighted by molar-refractivity contribution is 6.17. The molecule has 1 atom stereocenters. The number of benzene rings is 1. The molecule has 1 aromatic carbocycles. The summed E-state index contributed by atoms with van der Waals surface area (Å²) in [5.41, 5.74) is 1.63. The van der Waals surface area contributed by atoms with E-state index in [0.29, 0.717) is 18.9 Å². The predicted molar refractivity (Wildman–Crippen MR) is 75.3 cm³/mol. The number of rotatable bonds is 6. The van der Waals surface area contributed by atoms with Crippen molar-refractivity contribution in [2.45, 2.75) is 25.8 Å². The molecule has 0 aliphatic heterocycles. The van der Waals surface area contributed by atoms with E-state index in [1.807, 2.05) is 0 Å². The van der Waals surface area contributed by atoms with Crippen molar-refractivity contribution in [3.8, 4) is 0 Å². The van der Waals surface area contributed by atoms with E-state index in [1.165, 1.54) is 12.1 Å². The topological polar surface area (TPSA) is 27.1 Å². The van der Waals surface area contributed by atoms with Gasteiger partial charge < -0.3 is 9.30 Å². The van der Waals surface area contributed by atoms with Crippen LogP contribution in [0.5, 0.6) is 0 Å². The average molecular weight is 285 g/mol. The molecule has 2 aromatic rings. The molecule has 3 nitrogen and oxygen atoms in total. The summed E-state index contributed by atoms with van der Waals surface area (Å²) in [6.45, 7) is 2.75. The van der Waals surface area contributed by atoms with Crippen LogP contribution >= 0.6 is 11.6 Å². The molecule has 1 aromatic heterocycles. The molecule has 0 N–H and O–H groups in total. The number of methoxy groups -OCH3 is 1. The van der Waals surface area contributed by atoms with E-state index in [0.717, 1.165) is 23.3 Å². The second-order valence-corrected chi connectivity index (χ2v) is 4.98. The van der Waals surface area contributed by atoms with Crippen LogP contribution in [0.1, 0.15) is 25.2 Å². The first kappa shape index (κ1) is 14.3. The fourth-order valence-corrected chi connectivity index (χ4v) is 2.46. The van der Waals surface area contributed by atoms with Crippen molar-refractivity contribution in [2.24, 2.45) is 0 Å². The average Bonchev–Trinajstić information content (AvgIpc) is 2.73. The van der Waals surface area contributed by atoms with E-state index < -0.39 is 0 Å². The van der Waals surface area contributed by atoms with Gasteiger partial charge in [-0.1, -0.05) is 0 Å². The summed E-state index contributed by atoms with van der Waals surface area (Å²) >= 11 is 5.82. The van der Waals surface area contributed by atoms with Crippen molar-refractivity contribution in [3.05, 3.63) is 29.8 Å². The number of alkyl halides is 1. The van der Waals surface area contributed by atoms with Crippen LogP contribution < -0.4 is 0 Å². The number of nitrogens with zero attached hydrogens (tertiary/aromatic N) is 2. The van der Waals surface area contributed by atoms with Crippen LogP contribution in [0, 0.1) is 5.82 Å². The van der Waals surface area contributed by atoms with Crippen LogP contribution in [0.4, 0.5) is 4.39 Å². The van der Waals surface area contributed by atoms with Gasteiger partial charge in [0.1, 0.15) is 11.6 Å². The normalized spacial score (nSPS) is 13.1. The van der Waals surface area contributed by atoms with E-state index in [2.05, 4.69) is 16.5 Å². The van der Waals surface area contributed by atoms with Gasteiger partial charge in [0.05, 0.1) is 11.0 Å². The summed E-state index contributed by atoms with van der Waals surface area (Å²) in [5, 5.41) is 0. The largest absolute Gasteiger partial charge is 0.385 e. The first-order valence-corrected chi connectivity index (χ1v) is 6.92. The molecule has 0 amide bonds. The third-order valence-corrected chi connectivity index (χ3v) is 3.41. The van der Waals surface area contributed by atoms with Crippen molar-refractivity contribution in [1.29, 1.82) is 0 Å². The number of aryl methyl sites for hydroxylation is 1. The predicted octanol–water partition coefficient (Wildman–Crippen LogP) is 3.55. The first-order valence-electron chi connectivity index (χ1n) is 6.38. The minimum atomic E-state index is -0.245. The van der Waals surface area contributed by atoms with E-state index in [-0.39, 0.29) is 11.9 Å². The SMILES string of the molecule is COCCC(C)n1c(CCCl)nc2ccc(F)cc21. The van der Waals surface area contributed by atoms with Crippen LogP contribution in [0.3, 0.4) is 0 Å². The molecule has 1 unspecified atom stereocenters. The Kier molecular flexibility index (Phi) is 4.77. The van der Waals surface area contributed by atoms with Gasteiger partial charge in [0.15, 0.2) is 0 Å². The summed E-state index contributed by atoms with van der Waals surface area (Å²) in [6, 6.07) is 4.87. The fraction of sp³-hybridized carbons (Fsp3) is 0.500. The smallest absolute Gasteiger partial charge is 0.125 e. The Labute approximate surface area is 117 Å². The molecule has 0 aliphatic carbocycles. The molecule has 0 saturated heterocycles. The van der Waals surface area contributed by atoms with E-state index >= 15 is 0 Å². The zero-order valence-electron chi connectivity index (χ0n) is 11.2. The Balaban J connectivity index is 2.46. The minimum absolute atomic E-state index is 0.199. The Morgan fingerprint density at radius 3 is 2.95 bits per heavy atom. The van der Waals surface area contributed by atoms with Gasteiger partial charge in [0.25, 0.3) is 0 Å². The third-order valence-electron chi connectivity index (χ3n) is 3.22. The molecular formula is C14H18ClFN2O. The molecule has 0 radical (unpaired) electrons. The Bertz CT molecular complexity index is 556. The van der Waals surface area contributed by atoms with Crippen LogP contribution in [0.2, 0.25) is 0 Å². The molecule has 0 saturated carbocycles. The van der Waals surface area contributed by atoms with Gasteiger partial charge in [-0.3, -0.25) is 0 Å². The Hall–Kier alpha value is -1.13. The van der Waals surface area contributed by atoms with Gasteiger partial charge in [0.2, 0.25) is 0 Å². The molecular weight excluding hydrogens is 267 g/mol. The number of hydrogen-bond acceptors (Lipinski definition) is 2. The number of hydrogen-bond donors (Lipinski definition) is 0. The molecule has 104 valence electrons. The van der Waals surface area contributed by atoms with Gasteiger partial charge in [-0.2, -0.15) is 0 Å². The lowest BCUT2D eigenvalue weighted by atomic mass is 10.2. The quantitative estimate of drug-likeness (QED) is 0.759. The minimum Gasteiger partial charge on any atom is -0.385 e. The molecule has 2 rings (SSSR count). The maximum atomic E-state index is 13.4. The molecule has 19 heavy (non-hydrogen) atoms. The number of fused-ring (bicyclic) bond motifs is 1.